The highest BCUT2D eigenvalue weighted by Gasteiger charge is 2.41. The molecular formula is C17H22N2O2. The molecule has 0 aliphatic carbocycles. The van der Waals surface area contributed by atoms with Gasteiger partial charge < -0.3 is 9.80 Å². The average Bonchev–Trinajstić information content (AvgIpc) is 3.00. The lowest BCUT2D eigenvalue weighted by Gasteiger charge is -2.36. The number of fused-ring (bicyclic) bond motifs is 1. The molecule has 0 saturated carbocycles. The van der Waals surface area contributed by atoms with Gasteiger partial charge in [0.25, 0.3) is 0 Å². The maximum Gasteiger partial charge on any atom is 0.245 e. The summed E-state index contributed by atoms with van der Waals surface area (Å²) in [6, 6.07) is 10.1. The van der Waals surface area contributed by atoms with Crippen molar-refractivity contribution in [3.8, 4) is 0 Å². The van der Waals surface area contributed by atoms with Gasteiger partial charge >= 0.3 is 0 Å². The Hall–Kier alpha value is -1.84. The Labute approximate surface area is 125 Å². The summed E-state index contributed by atoms with van der Waals surface area (Å²) in [6.45, 7) is 3.86. The molecule has 2 atom stereocenters. The number of hydrogen-bond donors (Lipinski definition) is 0. The topological polar surface area (TPSA) is 40.6 Å². The minimum Gasteiger partial charge on any atom is -0.332 e. The Morgan fingerprint density at radius 3 is 2.76 bits per heavy atom. The second-order valence-corrected chi connectivity index (χ2v) is 6.11. The van der Waals surface area contributed by atoms with Crippen molar-refractivity contribution in [1.29, 1.82) is 0 Å². The fraction of sp³-hybridized carbons (Fsp3) is 0.529. The Morgan fingerprint density at radius 2 is 2.00 bits per heavy atom. The molecule has 3 rings (SSSR count). The Kier molecular flexibility index (Phi) is 3.95. The molecule has 2 amide bonds. The highest BCUT2D eigenvalue weighted by atomic mass is 16.2. The van der Waals surface area contributed by atoms with Crippen LogP contribution >= 0.6 is 0 Å². The standard InChI is InChI=1S/C17H22N2O2/c1-13(14-6-3-2-4-7-14)9-11-18-12-16(20)19-10-5-8-15(19)17(18)21/h2-4,6-7,13,15H,5,8-12H2,1H3. The molecular weight excluding hydrogens is 264 g/mol. The molecule has 4 heteroatoms. The van der Waals surface area contributed by atoms with Crippen LogP contribution in [0.4, 0.5) is 0 Å². The van der Waals surface area contributed by atoms with Crippen molar-refractivity contribution in [2.24, 2.45) is 0 Å². The average molecular weight is 286 g/mol. The monoisotopic (exact) mass is 286 g/mol. The smallest absolute Gasteiger partial charge is 0.245 e. The van der Waals surface area contributed by atoms with Crippen LogP contribution in [0.1, 0.15) is 37.7 Å². The lowest BCUT2D eigenvalue weighted by atomic mass is 9.97. The highest BCUT2D eigenvalue weighted by molar-refractivity contribution is 5.95. The van der Waals surface area contributed by atoms with Crippen LogP contribution in [0.25, 0.3) is 0 Å². The van der Waals surface area contributed by atoms with Gasteiger partial charge in [0.15, 0.2) is 0 Å². The molecule has 0 bridgehead atoms. The third-order valence-corrected chi connectivity index (χ3v) is 4.70. The van der Waals surface area contributed by atoms with Gasteiger partial charge in [-0.15, -0.1) is 0 Å². The number of piperazine rings is 1. The van der Waals surface area contributed by atoms with Crippen molar-refractivity contribution in [3.05, 3.63) is 35.9 Å². The van der Waals surface area contributed by atoms with Gasteiger partial charge in [-0.25, -0.2) is 0 Å². The first-order chi connectivity index (χ1) is 10.2. The molecule has 0 aromatic heterocycles. The first-order valence-corrected chi connectivity index (χ1v) is 7.80. The van der Waals surface area contributed by atoms with Crippen LogP contribution in [-0.4, -0.2) is 47.3 Å². The second-order valence-electron chi connectivity index (χ2n) is 6.11. The minimum absolute atomic E-state index is 0.115. The zero-order valence-corrected chi connectivity index (χ0v) is 12.5. The molecule has 0 spiro atoms. The van der Waals surface area contributed by atoms with E-state index in [0.29, 0.717) is 12.5 Å². The number of hydrogen-bond acceptors (Lipinski definition) is 2. The molecule has 0 radical (unpaired) electrons. The number of carbonyl (C=O) groups is 2. The fourth-order valence-corrected chi connectivity index (χ4v) is 3.35. The molecule has 2 heterocycles. The molecule has 2 fully saturated rings. The molecule has 2 aliphatic rings. The van der Waals surface area contributed by atoms with Gasteiger partial charge in [-0.05, 0) is 30.7 Å². The summed E-state index contributed by atoms with van der Waals surface area (Å²) in [5.74, 6) is 0.660. The van der Waals surface area contributed by atoms with E-state index >= 15 is 0 Å². The van der Waals surface area contributed by atoms with Crippen molar-refractivity contribution < 1.29 is 9.59 Å². The molecule has 0 N–H and O–H groups in total. The largest absolute Gasteiger partial charge is 0.332 e. The van der Waals surface area contributed by atoms with E-state index in [-0.39, 0.29) is 24.4 Å². The van der Waals surface area contributed by atoms with Gasteiger partial charge in [0.05, 0.1) is 6.54 Å². The number of nitrogens with zero attached hydrogens (tertiary/aromatic N) is 2. The Bertz CT molecular complexity index is 529. The normalized spacial score (nSPS) is 23.4. The molecule has 2 unspecified atom stereocenters. The fourth-order valence-electron chi connectivity index (χ4n) is 3.35. The highest BCUT2D eigenvalue weighted by Crippen LogP contribution is 2.25. The summed E-state index contributed by atoms with van der Waals surface area (Å²) in [7, 11) is 0. The molecule has 4 nitrogen and oxygen atoms in total. The van der Waals surface area contributed by atoms with Crippen LogP contribution in [0.15, 0.2) is 30.3 Å². The second kappa shape index (κ2) is 5.88. The molecule has 2 saturated heterocycles. The van der Waals surface area contributed by atoms with Gasteiger partial charge in [0.1, 0.15) is 6.04 Å². The van der Waals surface area contributed by atoms with E-state index in [9.17, 15) is 9.59 Å². The van der Waals surface area contributed by atoms with Crippen molar-refractivity contribution >= 4 is 11.8 Å². The predicted molar refractivity (Wildman–Crippen MR) is 80.8 cm³/mol. The van der Waals surface area contributed by atoms with E-state index in [1.54, 1.807) is 9.80 Å². The van der Waals surface area contributed by atoms with Gasteiger partial charge in [0, 0.05) is 13.1 Å². The molecule has 1 aromatic rings. The minimum atomic E-state index is -0.182. The van der Waals surface area contributed by atoms with Crippen LogP contribution in [-0.2, 0) is 9.59 Å². The number of amides is 2. The summed E-state index contributed by atoms with van der Waals surface area (Å²) in [5.41, 5.74) is 1.29. The first-order valence-electron chi connectivity index (χ1n) is 7.80. The van der Waals surface area contributed by atoms with Crippen LogP contribution in [0.2, 0.25) is 0 Å². The molecule has 21 heavy (non-hydrogen) atoms. The molecule has 112 valence electrons. The zero-order valence-electron chi connectivity index (χ0n) is 12.5. The van der Waals surface area contributed by atoms with E-state index in [0.717, 1.165) is 25.8 Å². The quantitative estimate of drug-likeness (QED) is 0.849. The number of rotatable bonds is 4. The van der Waals surface area contributed by atoms with E-state index in [2.05, 4.69) is 19.1 Å². The van der Waals surface area contributed by atoms with Crippen molar-refractivity contribution in [2.75, 3.05) is 19.6 Å². The van der Waals surface area contributed by atoms with Crippen molar-refractivity contribution in [1.82, 2.24) is 9.80 Å². The van der Waals surface area contributed by atoms with E-state index in [4.69, 9.17) is 0 Å². The zero-order chi connectivity index (χ0) is 14.8. The summed E-state index contributed by atoms with van der Waals surface area (Å²) in [6.07, 6.45) is 2.68. The third-order valence-electron chi connectivity index (χ3n) is 4.70. The van der Waals surface area contributed by atoms with Crippen molar-refractivity contribution in [3.63, 3.8) is 0 Å². The maximum atomic E-state index is 12.4. The lowest BCUT2D eigenvalue weighted by Crippen LogP contribution is -2.57. The summed E-state index contributed by atoms with van der Waals surface area (Å²) in [4.78, 5) is 28.0. The number of carbonyl (C=O) groups excluding carboxylic acids is 2. The Morgan fingerprint density at radius 1 is 1.24 bits per heavy atom. The SMILES string of the molecule is CC(CCN1CC(=O)N2CCCC2C1=O)c1ccccc1. The first kappa shape index (κ1) is 14.1. The molecule has 1 aromatic carbocycles. The van der Waals surface area contributed by atoms with E-state index in [1.165, 1.54) is 5.56 Å². The van der Waals surface area contributed by atoms with Gasteiger partial charge in [-0.1, -0.05) is 37.3 Å². The summed E-state index contributed by atoms with van der Waals surface area (Å²) >= 11 is 0. The maximum absolute atomic E-state index is 12.4. The van der Waals surface area contributed by atoms with E-state index < -0.39 is 0 Å². The van der Waals surface area contributed by atoms with Crippen LogP contribution in [0.3, 0.4) is 0 Å². The van der Waals surface area contributed by atoms with Gasteiger partial charge in [-0.3, -0.25) is 9.59 Å². The van der Waals surface area contributed by atoms with E-state index in [1.807, 2.05) is 18.2 Å². The van der Waals surface area contributed by atoms with Gasteiger partial charge in [-0.2, -0.15) is 0 Å². The summed E-state index contributed by atoms with van der Waals surface area (Å²) < 4.78 is 0. The lowest BCUT2D eigenvalue weighted by molar-refractivity contribution is -0.153. The predicted octanol–water partition coefficient (Wildman–Crippen LogP) is 2.01. The van der Waals surface area contributed by atoms with Crippen LogP contribution in [0, 0.1) is 0 Å². The van der Waals surface area contributed by atoms with Crippen molar-refractivity contribution in [2.45, 2.75) is 38.1 Å². The van der Waals surface area contributed by atoms with Crippen LogP contribution in [0.5, 0.6) is 0 Å². The Balaban J connectivity index is 1.60. The van der Waals surface area contributed by atoms with Gasteiger partial charge in [0.2, 0.25) is 11.8 Å². The van der Waals surface area contributed by atoms with Crippen LogP contribution < -0.4 is 0 Å². The summed E-state index contributed by atoms with van der Waals surface area (Å²) in [5, 5.41) is 0. The molecule has 2 aliphatic heterocycles. The number of benzene rings is 1. The third kappa shape index (κ3) is 2.80.